The number of rotatable bonds is 14. The smallest absolute Gasteiger partial charge is 0.408 e. The van der Waals surface area contributed by atoms with Crippen molar-refractivity contribution in [3.8, 4) is 17.2 Å². The van der Waals surface area contributed by atoms with Gasteiger partial charge in [-0.2, -0.15) is 0 Å². The lowest BCUT2D eigenvalue weighted by molar-refractivity contribution is -0.149. The van der Waals surface area contributed by atoms with E-state index >= 15 is 0 Å². The Hall–Kier alpha value is -6.29. The molecule has 10 heteroatoms. The topological polar surface area (TPSA) is 132 Å². The zero-order valence-electron chi connectivity index (χ0n) is 29.3. The van der Waals surface area contributed by atoms with E-state index in [4.69, 9.17) is 18.9 Å². The number of carbonyl (C=O) groups excluding carboxylic acids is 3. The van der Waals surface area contributed by atoms with E-state index in [-0.39, 0.29) is 25.6 Å². The fourth-order valence-electron chi connectivity index (χ4n) is 5.12. The Labute approximate surface area is 303 Å². The van der Waals surface area contributed by atoms with Gasteiger partial charge in [-0.25, -0.2) is 9.59 Å². The van der Waals surface area contributed by atoms with E-state index in [2.05, 4.69) is 10.6 Å². The number of phenols is 1. The van der Waals surface area contributed by atoms with E-state index in [0.29, 0.717) is 22.6 Å². The molecule has 0 bridgehead atoms. The van der Waals surface area contributed by atoms with E-state index in [1.54, 1.807) is 39.0 Å². The molecule has 3 N–H and O–H groups in total. The Bertz CT molecular complexity index is 1850. The van der Waals surface area contributed by atoms with Crippen molar-refractivity contribution in [2.45, 2.75) is 58.3 Å². The number of hydrogen-bond acceptors (Lipinski definition) is 8. The third-order valence-electron chi connectivity index (χ3n) is 7.63. The minimum absolute atomic E-state index is 0.0219. The maximum atomic E-state index is 14.3. The van der Waals surface area contributed by atoms with Crippen LogP contribution in [0.25, 0.3) is 0 Å². The Balaban J connectivity index is 1.48. The molecule has 0 heterocycles. The van der Waals surface area contributed by atoms with Crippen LogP contribution in [0.5, 0.6) is 17.2 Å². The molecular formula is C42H42N2O8. The summed E-state index contributed by atoms with van der Waals surface area (Å²) in [4.78, 5) is 41.2. The van der Waals surface area contributed by atoms with E-state index in [0.717, 1.165) is 16.7 Å². The van der Waals surface area contributed by atoms with Crippen molar-refractivity contribution in [3.63, 3.8) is 0 Å². The summed E-state index contributed by atoms with van der Waals surface area (Å²) < 4.78 is 23.5. The number of benzene rings is 5. The zero-order valence-corrected chi connectivity index (χ0v) is 29.3. The second-order valence-corrected chi connectivity index (χ2v) is 13.0. The molecule has 0 spiro atoms. The summed E-state index contributed by atoms with van der Waals surface area (Å²) in [6.07, 6.45) is -0.858. The highest BCUT2D eigenvalue weighted by Crippen LogP contribution is 2.30. The van der Waals surface area contributed by atoms with Gasteiger partial charge in [0.2, 0.25) is 5.91 Å². The maximum absolute atomic E-state index is 14.3. The van der Waals surface area contributed by atoms with Gasteiger partial charge in [-0.3, -0.25) is 4.79 Å². The summed E-state index contributed by atoms with van der Waals surface area (Å²) in [7, 11) is 0. The molecule has 0 aromatic heterocycles. The zero-order chi connectivity index (χ0) is 36.9. The highest BCUT2D eigenvalue weighted by atomic mass is 16.6. The van der Waals surface area contributed by atoms with Gasteiger partial charge in [-0.05, 0) is 72.9 Å². The van der Waals surface area contributed by atoms with Crippen molar-refractivity contribution in [1.29, 1.82) is 0 Å². The first-order valence-electron chi connectivity index (χ1n) is 16.8. The quantitative estimate of drug-likeness (QED) is 0.100. The number of nitrogens with one attached hydrogen (secondary N) is 2. The first-order valence-corrected chi connectivity index (χ1v) is 16.8. The van der Waals surface area contributed by atoms with Crippen molar-refractivity contribution in [3.05, 3.63) is 161 Å². The lowest BCUT2D eigenvalue weighted by Gasteiger charge is -2.26. The molecule has 52 heavy (non-hydrogen) atoms. The van der Waals surface area contributed by atoms with Gasteiger partial charge in [0, 0.05) is 6.07 Å². The molecule has 10 nitrogen and oxygen atoms in total. The molecule has 2 atom stereocenters. The van der Waals surface area contributed by atoms with Crippen LogP contribution in [-0.2, 0) is 38.9 Å². The standard InChI is InChI=1S/C42H42N2O8/c1-42(2,3)52-41(48)44-37(39(46)43-38(32-19-21-34(45)22-20-32)40(47)51-28-31-17-11-6-12-18-31)33-23-35(49-26-29-13-7-4-8-14-29)25-36(24-33)50-27-30-15-9-5-10-16-30/h4-25,37-38,45H,26-28H2,1-3H3,(H,43,46)(H,44,48)/t37-,38+/m1/s1. The van der Waals surface area contributed by atoms with Crippen LogP contribution in [-0.4, -0.2) is 28.7 Å². The monoisotopic (exact) mass is 702 g/mol. The molecule has 0 saturated carbocycles. The van der Waals surface area contributed by atoms with Crippen LogP contribution in [0.15, 0.2) is 133 Å². The first-order chi connectivity index (χ1) is 25.0. The number of alkyl carbamates (subject to hydrolysis) is 1. The van der Waals surface area contributed by atoms with E-state index in [9.17, 15) is 19.5 Å². The van der Waals surface area contributed by atoms with Gasteiger partial charge in [-0.15, -0.1) is 0 Å². The highest BCUT2D eigenvalue weighted by Gasteiger charge is 2.32. The van der Waals surface area contributed by atoms with Gasteiger partial charge in [0.1, 0.15) is 48.7 Å². The third kappa shape index (κ3) is 11.4. The molecule has 0 aliphatic carbocycles. The summed E-state index contributed by atoms with van der Waals surface area (Å²) in [5, 5.41) is 15.4. The van der Waals surface area contributed by atoms with Crippen molar-refractivity contribution in [2.24, 2.45) is 0 Å². The molecule has 0 aliphatic rings. The molecular weight excluding hydrogens is 660 g/mol. The Morgan fingerprint density at radius 3 is 1.56 bits per heavy atom. The van der Waals surface area contributed by atoms with Gasteiger partial charge in [-0.1, -0.05) is 103 Å². The van der Waals surface area contributed by atoms with E-state index < -0.39 is 35.7 Å². The number of hydrogen-bond donors (Lipinski definition) is 3. The Kier molecular flexibility index (Phi) is 12.5. The minimum Gasteiger partial charge on any atom is -0.508 e. The fourth-order valence-corrected chi connectivity index (χ4v) is 5.12. The molecule has 5 rings (SSSR count). The fraction of sp³-hybridized carbons (Fsp3) is 0.214. The molecule has 0 aliphatic heterocycles. The minimum atomic E-state index is -1.38. The molecule has 0 unspecified atom stereocenters. The number of aromatic hydroxyl groups is 1. The summed E-state index contributed by atoms with van der Waals surface area (Å²) >= 11 is 0. The van der Waals surface area contributed by atoms with E-state index in [1.807, 2.05) is 91.0 Å². The molecule has 0 radical (unpaired) electrons. The summed E-state index contributed by atoms with van der Waals surface area (Å²) in [6.45, 7) is 5.55. The van der Waals surface area contributed by atoms with Crippen LogP contribution in [0.2, 0.25) is 0 Å². The Morgan fingerprint density at radius 2 is 1.08 bits per heavy atom. The van der Waals surface area contributed by atoms with Crippen molar-refractivity contribution >= 4 is 18.0 Å². The highest BCUT2D eigenvalue weighted by molar-refractivity contribution is 5.91. The first kappa shape index (κ1) is 37.0. The average molecular weight is 703 g/mol. The lowest BCUT2D eigenvalue weighted by atomic mass is 10.0. The van der Waals surface area contributed by atoms with Crippen LogP contribution in [0.1, 0.15) is 60.7 Å². The predicted octanol–water partition coefficient (Wildman–Crippen LogP) is 7.72. The third-order valence-corrected chi connectivity index (χ3v) is 7.63. The van der Waals surface area contributed by atoms with Gasteiger partial charge in [0.15, 0.2) is 6.04 Å². The SMILES string of the molecule is CC(C)(C)OC(=O)N[C@@H](C(=O)N[C@H](C(=O)OCc1ccccc1)c1ccc(O)cc1)c1cc(OCc2ccccc2)cc(OCc2ccccc2)c1. The van der Waals surface area contributed by atoms with Crippen LogP contribution in [0.4, 0.5) is 4.79 Å². The molecule has 5 aromatic rings. The second-order valence-electron chi connectivity index (χ2n) is 13.0. The van der Waals surface area contributed by atoms with Crippen molar-refractivity contribution in [2.75, 3.05) is 0 Å². The number of ether oxygens (including phenoxy) is 4. The van der Waals surface area contributed by atoms with Gasteiger partial charge < -0.3 is 34.7 Å². The average Bonchev–Trinajstić information content (AvgIpc) is 3.14. The van der Waals surface area contributed by atoms with Crippen LogP contribution in [0.3, 0.4) is 0 Å². The summed E-state index contributed by atoms with van der Waals surface area (Å²) in [6, 6.07) is 36.4. The molecule has 0 fully saturated rings. The number of esters is 1. The van der Waals surface area contributed by atoms with E-state index in [1.165, 1.54) is 24.3 Å². The van der Waals surface area contributed by atoms with Crippen molar-refractivity contribution in [1.82, 2.24) is 10.6 Å². The Morgan fingerprint density at radius 1 is 0.596 bits per heavy atom. The van der Waals surface area contributed by atoms with Crippen LogP contribution < -0.4 is 20.1 Å². The van der Waals surface area contributed by atoms with Gasteiger partial charge in [0.05, 0.1) is 0 Å². The maximum Gasteiger partial charge on any atom is 0.408 e. The normalized spacial score (nSPS) is 12.1. The molecule has 2 amide bonds. The largest absolute Gasteiger partial charge is 0.508 e. The number of phenolic OH excluding ortho intramolecular Hbond substituents is 1. The second kappa shape index (κ2) is 17.6. The van der Waals surface area contributed by atoms with Crippen LogP contribution >= 0.6 is 0 Å². The summed E-state index contributed by atoms with van der Waals surface area (Å²) in [5.41, 5.74) is 2.39. The molecule has 268 valence electrons. The molecule has 5 aromatic carbocycles. The van der Waals surface area contributed by atoms with Gasteiger partial charge in [0.25, 0.3) is 0 Å². The lowest BCUT2D eigenvalue weighted by Crippen LogP contribution is -2.45. The number of amides is 2. The predicted molar refractivity (Wildman–Crippen MR) is 195 cm³/mol. The number of carbonyl (C=O) groups is 3. The summed E-state index contributed by atoms with van der Waals surface area (Å²) in [5.74, 6) is -0.747. The molecule has 0 saturated heterocycles. The van der Waals surface area contributed by atoms with Gasteiger partial charge >= 0.3 is 12.1 Å². The van der Waals surface area contributed by atoms with Crippen LogP contribution in [0, 0.1) is 0 Å². The van der Waals surface area contributed by atoms with Crippen molar-refractivity contribution < 1.29 is 38.4 Å².